The van der Waals surface area contributed by atoms with Gasteiger partial charge in [0.05, 0.1) is 15.5 Å². The lowest BCUT2D eigenvalue weighted by Gasteiger charge is -2.09. The van der Waals surface area contributed by atoms with E-state index in [0.717, 1.165) is 12.1 Å². The first kappa shape index (κ1) is 14.0. The number of rotatable bonds is 4. The van der Waals surface area contributed by atoms with Crippen molar-refractivity contribution >= 4 is 23.6 Å². The van der Waals surface area contributed by atoms with E-state index in [1.165, 1.54) is 24.3 Å². The molecule has 0 heterocycles. The van der Waals surface area contributed by atoms with Crippen molar-refractivity contribution in [3.63, 3.8) is 0 Å². The van der Waals surface area contributed by atoms with Crippen LogP contribution < -0.4 is 4.74 Å². The van der Waals surface area contributed by atoms with Gasteiger partial charge in [0.25, 0.3) is 0 Å². The Balaban J connectivity index is 2.53. The number of carbonyl (C=O) groups is 1. The van der Waals surface area contributed by atoms with Crippen LogP contribution >= 0.6 is 11.6 Å². The molecule has 0 radical (unpaired) electrons. The largest absolute Gasteiger partial charge is 0.446 e. The number of halogens is 2. The van der Waals surface area contributed by atoms with E-state index >= 15 is 0 Å². The van der Waals surface area contributed by atoms with E-state index in [4.69, 9.17) is 16.3 Å². The molecule has 0 saturated carbocycles. The summed E-state index contributed by atoms with van der Waals surface area (Å²) in [6.07, 6.45) is 0.435. The Labute approximate surface area is 117 Å². The van der Waals surface area contributed by atoms with Crippen molar-refractivity contribution in [2.24, 2.45) is 0 Å². The average Bonchev–Trinajstić information content (AvgIpc) is 2.41. The van der Waals surface area contributed by atoms with Crippen LogP contribution in [0.4, 0.5) is 10.1 Å². The molecule has 0 aliphatic heterocycles. The maximum Gasteiger partial charge on any atom is 0.314 e. The van der Waals surface area contributed by atoms with Gasteiger partial charge in [-0.25, -0.2) is 4.39 Å². The van der Waals surface area contributed by atoms with Crippen molar-refractivity contribution in [2.45, 2.75) is 0 Å². The number of hydrogen-bond acceptors (Lipinski definition) is 4. The number of aldehydes is 1. The first-order valence-electron chi connectivity index (χ1n) is 5.39. The first-order chi connectivity index (χ1) is 9.54. The van der Waals surface area contributed by atoms with E-state index in [2.05, 4.69) is 0 Å². The van der Waals surface area contributed by atoms with Crippen LogP contribution in [-0.4, -0.2) is 11.2 Å². The van der Waals surface area contributed by atoms with Crippen LogP contribution in [0.25, 0.3) is 0 Å². The molecule has 0 atom stereocenters. The number of benzene rings is 2. The normalized spacial score (nSPS) is 10.1. The third-order valence-corrected chi connectivity index (χ3v) is 2.82. The Morgan fingerprint density at radius 1 is 1.25 bits per heavy atom. The van der Waals surface area contributed by atoms with E-state index in [9.17, 15) is 19.3 Å². The minimum Gasteiger partial charge on any atom is -0.446 e. The molecular formula is C13H7ClFNO4. The molecule has 7 heteroatoms. The molecule has 0 N–H and O–H groups in total. The van der Waals surface area contributed by atoms with Crippen molar-refractivity contribution in [3.8, 4) is 11.5 Å². The number of nitro benzene ring substituents is 1. The summed E-state index contributed by atoms with van der Waals surface area (Å²) in [6, 6.07) is 7.62. The second-order valence-electron chi connectivity index (χ2n) is 3.72. The van der Waals surface area contributed by atoms with Gasteiger partial charge in [0, 0.05) is 6.07 Å². The Morgan fingerprint density at radius 2 is 1.95 bits per heavy atom. The van der Waals surface area contributed by atoms with E-state index < -0.39 is 22.2 Å². The summed E-state index contributed by atoms with van der Waals surface area (Å²) < 4.78 is 18.9. The molecule has 0 aliphatic carbocycles. The van der Waals surface area contributed by atoms with Crippen molar-refractivity contribution in [1.29, 1.82) is 0 Å². The molecule has 2 aromatic rings. The molecule has 0 saturated heterocycles. The molecule has 0 unspecified atom stereocenters. The average molecular weight is 296 g/mol. The Bertz CT molecular complexity index is 690. The second-order valence-corrected chi connectivity index (χ2v) is 4.12. The Kier molecular flexibility index (Phi) is 3.95. The van der Waals surface area contributed by atoms with Gasteiger partial charge in [0.2, 0.25) is 5.75 Å². The molecule has 5 nitrogen and oxygen atoms in total. The standard InChI is InChI=1S/C13H7ClFNO4/c14-9-3-1-6-12(8(9)7-17)20-13-10(15)4-2-5-11(13)16(18)19/h1-7H. The fourth-order valence-electron chi connectivity index (χ4n) is 1.57. The zero-order chi connectivity index (χ0) is 14.7. The molecule has 102 valence electrons. The van der Waals surface area contributed by atoms with Crippen molar-refractivity contribution in [1.82, 2.24) is 0 Å². The van der Waals surface area contributed by atoms with E-state index in [0.29, 0.717) is 6.29 Å². The van der Waals surface area contributed by atoms with Crippen molar-refractivity contribution < 1.29 is 18.8 Å². The van der Waals surface area contributed by atoms with Gasteiger partial charge in [-0.2, -0.15) is 0 Å². The highest BCUT2D eigenvalue weighted by Gasteiger charge is 2.21. The fourth-order valence-corrected chi connectivity index (χ4v) is 1.78. The summed E-state index contributed by atoms with van der Waals surface area (Å²) in [5.74, 6) is -1.53. The molecule has 20 heavy (non-hydrogen) atoms. The first-order valence-corrected chi connectivity index (χ1v) is 5.77. The SMILES string of the molecule is O=Cc1c(Cl)cccc1Oc1c(F)cccc1[N+](=O)[O-]. The summed E-state index contributed by atoms with van der Waals surface area (Å²) in [7, 11) is 0. The summed E-state index contributed by atoms with van der Waals surface area (Å²) >= 11 is 5.80. The van der Waals surface area contributed by atoms with Crippen LogP contribution in [0.1, 0.15) is 10.4 Å². The number of nitro groups is 1. The van der Waals surface area contributed by atoms with Crippen LogP contribution in [-0.2, 0) is 0 Å². The minimum absolute atomic E-state index is 0.00767. The third kappa shape index (κ3) is 2.60. The number of para-hydroxylation sites is 1. The van der Waals surface area contributed by atoms with Crippen LogP contribution in [0, 0.1) is 15.9 Å². The Morgan fingerprint density at radius 3 is 2.60 bits per heavy atom. The number of hydrogen-bond donors (Lipinski definition) is 0. The van der Waals surface area contributed by atoms with Gasteiger partial charge < -0.3 is 4.74 Å². The molecule has 2 rings (SSSR count). The highest BCUT2D eigenvalue weighted by atomic mass is 35.5. The van der Waals surface area contributed by atoms with Crippen LogP contribution in [0.15, 0.2) is 36.4 Å². The summed E-state index contributed by atoms with van der Waals surface area (Å²) in [6.45, 7) is 0. The quantitative estimate of drug-likeness (QED) is 0.486. The summed E-state index contributed by atoms with van der Waals surface area (Å²) in [5, 5.41) is 11.0. The third-order valence-electron chi connectivity index (χ3n) is 2.49. The predicted octanol–water partition coefficient (Wildman–Crippen LogP) is 3.99. The topological polar surface area (TPSA) is 69.4 Å². The fraction of sp³-hybridized carbons (Fsp3) is 0. The molecule has 0 fully saturated rings. The molecular weight excluding hydrogens is 289 g/mol. The second kappa shape index (κ2) is 5.66. The molecule has 0 amide bonds. The molecule has 0 aromatic heterocycles. The molecule has 0 bridgehead atoms. The molecule has 0 spiro atoms. The van der Waals surface area contributed by atoms with Gasteiger partial charge in [-0.1, -0.05) is 23.7 Å². The van der Waals surface area contributed by atoms with Gasteiger partial charge in [-0.05, 0) is 18.2 Å². The van der Waals surface area contributed by atoms with Crippen LogP contribution in [0.5, 0.6) is 11.5 Å². The lowest BCUT2D eigenvalue weighted by molar-refractivity contribution is -0.385. The monoisotopic (exact) mass is 295 g/mol. The van der Waals surface area contributed by atoms with Crippen molar-refractivity contribution in [2.75, 3.05) is 0 Å². The van der Waals surface area contributed by atoms with Gasteiger partial charge in [0.1, 0.15) is 5.75 Å². The van der Waals surface area contributed by atoms with Gasteiger partial charge in [-0.3, -0.25) is 14.9 Å². The molecule has 2 aromatic carbocycles. The van der Waals surface area contributed by atoms with Crippen molar-refractivity contribution in [3.05, 3.63) is 62.9 Å². The molecule has 0 aliphatic rings. The summed E-state index contributed by atoms with van der Waals surface area (Å²) in [4.78, 5) is 21.0. The number of ether oxygens (including phenoxy) is 1. The Hall–Kier alpha value is -2.47. The lowest BCUT2D eigenvalue weighted by Crippen LogP contribution is -1.98. The van der Waals surface area contributed by atoms with E-state index in [-0.39, 0.29) is 16.3 Å². The zero-order valence-electron chi connectivity index (χ0n) is 9.88. The number of nitrogens with zero attached hydrogens (tertiary/aromatic N) is 1. The van der Waals surface area contributed by atoms with Gasteiger partial charge in [-0.15, -0.1) is 0 Å². The number of carbonyl (C=O) groups excluding carboxylic acids is 1. The zero-order valence-corrected chi connectivity index (χ0v) is 10.6. The maximum absolute atomic E-state index is 13.7. The smallest absolute Gasteiger partial charge is 0.314 e. The van der Waals surface area contributed by atoms with Crippen LogP contribution in [0.2, 0.25) is 5.02 Å². The maximum atomic E-state index is 13.7. The van der Waals surface area contributed by atoms with E-state index in [1.807, 2.05) is 0 Å². The van der Waals surface area contributed by atoms with E-state index in [1.54, 1.807) is 0 Å². The van der Waals surface area contributed by atoms with Crippen LogP contribution in [0.3, 0.4) is 0 Å². The lowest BCUT2D eigenvalue weighted by atomic mass is 10.2. The van der Waals surface area contributed by atoms with Gasteiger partial charge >= 0.3 is 5.69 Å². The highest BCUT2D eigenvalue weighted by molar-refractivity contribution is 6.33. The highest BCUT2D eigenvalue weighted by Crippen LogP contribution is 2.36. The minimum atomic E-state index is -0.906. The predicted molar refractivity (Wildman–Crippen MR) is 70.0 cm³/mol. The van der Waals surface area contributed by atoms with Gasteiger partial charge in [0.15, 0.2) is 12.1 Å². The summed E-state index contributed by atoms with van der Waals surface area (Å²) in [5.41, 5.74) is -0.548.